The molecule has 0 aliphatic rings. The van der Waals surface area contributed by atoms with Crippen LogP contribution in [-0.2, 0) is 0 Å². The van der Waals surface area contributed by atoms with Crippen LogP contribution in [0.4, 0.5) is 0 Å². The van der Waals surface area contributed by atoms with E-state index in [0.717, 1.165) is 10.0 Å². The molecule has 17 heavy (non-hydrogen) atoms. The van der Waals surface area contributed by atoms with Crippen molar-refractivity contribution in [3.8, 4) is 0 Å². The van der Waals surface area contributed by atoms with Gasteiger partial charge in [0.15, 0.2) is 0 Å². The Morgan fingerprint density at radius 3 is 2.29 bits per heavy atom. The third kappa shape index (κ3) is 2.91. The molecule has 0 bridgehead atoms. The Morgan fingerprint density at radius 1 is 1.00 bits per heavy atom. The molecule has 0 aromatic heterocycles. The first-order valence-corrected chi connectivity index (χ1v) is 6.77. The molecule has 0 aliphatic heterocycles. The molecule has 0 spiro atoms. The summed E-state index contributed by atoms with van der Waals surface area (Å²) in [5.74, 6) is 0. The summed E-state index contributed by atoms with van der Waals surface area (Å²) in [4.78, 5) is 0. The molecule has 2 heteroatoms. The predicted octanol–water partition coefficient (Wildman–Crippen LogP) is 5.39. The summed E-state index contributed by atoms with van der Waals surface area (Å²) in [6.07, 6.45) is 0. The SMILES string of the molecule is Cc1ccc(C)c(C(Cl)c2ccc(Br)cc2)c1. The fraction of sp³-hybridized carbons (Fsp3) is 0.200. The van der Waals surface area contributed by atoms with E-state index in [1.807, 2.05) is 12.1 Å². The maximum absolute atomic E-state index is 6.55. The first-order chi connectivity index (χ1) is 8.08. The minimum atomic E-state index is -0.0806. The van der Waals surface area contributed by atoms with Crippen LogP contribution in [0.3, 0.4) is 0 Å². The van der Waals surface area contributed by atoms with E-state index in [1.165, 1.54) is 16.7 Å². The molecule has 0 fully saturated rings. The number of aryl methyl sites for hydroxylation is 2. The summed E-state index contributed by atoms with van der Waals surface area (Å²) in [5, 5.41) is -0.0806. The molecule has 0 saturated heterocycles. The Kier molecular flexibility index (Phi) is 3.90. The van der Waals surface area contributed by atoms with Crippen LogP contribution in [0.25, 0.3) is 0 Å². The second-order valence-corrected chi connectivity index (χ2v) is 5.63. The fourth-order valence-electron chi connectivity index (χ4n) is 1.84. The summed E-state index contributed by atoms with van der Waals surface area (Å²) < 4.78 is 1.08. The van der Waals surface area contributed by atoms with Crippen molar-refractivity contribution in [2.75, 3.05) is 0 Å². The summed E-state index contributed by atoms with van der Waals surface area (Å²) in [6.45, 7) is 4.19. The highest BCUT2D eigenvalue weighted by Gasteiger charge is 2.13. The second-order valence-electron chi connectivity index (χ2n) is 4.27. The van der Waals surface area contributed by atoms with Gasteiger partial charge in [0.05, 0.1) is 5.38 Å². The van der Waals surface area contributed by atoms with E-state index in [9.17, 15) is 0 Å². The smallest absolute Gasteiger partial charge is 0.0838 e. The van der Waals surface area contributed by atoms with Gasteiger partial charge in [0, 0.05) is 4.47 Å². The van der Waals surface area contributed by atoms with Crippen LogP contribution in [0, 0.1) is 13.8 Å². The van der Waals surface area contributed by atoms with Crippen molar-refractivity contribution in [1.82, 2.24) is 0 Å². The molecular weight excluding hydrogens is 296 g/mol. The lowest BCUT2D eigenvalue weighted by molar-refractivity contribution is 1.10. The highest BCUT2D eigenvalue weighted by Crippen LogP contribution is 2.32. The van der Waals surface area contributed by atoms with Gasteiger partial charge in [-0.1, -0.05) is 51.8 Å². The number of hydrogen-bond donors (Lipinski definition) is 0. The molecular formula is C15H14BrCl. The van der Waals surface area contributed by atoms with Crippen molar-refractivity contribution < 1.29 is 0 Å². The first-order valence-electron chi connectivity index (χ1n) is 5.54. The van der Waals surface area contributed by atoms with Gasteiger partial charge in [0.25, 0.3) is 0 Å². The zero-order valence-electron chi connectivity index (χ0n) is 9.87. The number of rotatable bonds is 2. The highest BCUT2D eigenvalue weighted by atomic mass is 79.9. The molecule has 0 saturated carbocycles. The molecule has 0 amide bonds. The molecule has 0 heterocycles. The predicted molar refractivity (Wildman–Crippen MR) is 77.8 cm³/mol. The Labute approximate surface area is 116 Å². The molecule has 0 N–H and O–H groups in total. The molecule has 1 unspecified atom stereocenters. The van der Waals surface area contributed by atoms with Gasteiger partial charge >= 0.3 is 0 Å². The molecule has 88 valence electrons. The molecule has 0 aliphatic carbocycles. The quantitative estimate of drug-likeness (QED) is 0.652. The van der Waals surface area contributed by atoms with E-state index in [-0.39, 0.29) is 5.38 Å². The van der Waals surface area contributed by atoms with E-state index in [2.05, 4.69) is 60.1 Å². The van der Waals surface area contributed by atoms with E-state index in [0.29, 0.717) is 0 Å². The van der Waals surface area contributed by atoms with E-state index >= 15 is 0 Å². The molecule has 0 nitrogen and oxygen atoms in total. The molecule has 0 radical (unpaired) electrons. The molecule has 2 aromatic rings. The fourth-order valence-corrected chi connectivity index (χ4v) is 2.49. The van der Waals surface area contributed by atoms with Crippen molar-refractivity contribution in [1.29, 1.82) is 0 Å². The Hall–Kier alpha value is -0.790. The Bertz CT molecular complexity index is 517. The van der Waals surface area contributed by atoms with Gasteiger partial charge in [-0.2, -0.15) is 0 Å². The van der Waals surface area contributed by atoms with Gasteiger partial charge in [-0.25, -0.2) is 0 Å². The zero-order valence-corrected chi connectivity index (χ0v) is 12.2. The van der Waals surface area contributed by atoms with E-state index in [4.69, 9.17) is 11.6 Å². The largest absolute Gasteiger partial charge is 0.113 e. The molecule has 2 rings (SSSR count). The van der Waals surface area contributed by atoms with Gasteiger partial charge in [-0.3, -0.25) is 0 Å². The highest BCUT2D eigenvalue weighted by molar-refractivity contribution is 9.10. The third-order valence-corrected chi connectivity index (χ3v) is 3.89. The van der Waals surface area contributed by atoms with Crippen molar-refractivity contribution in [3.05, 3.63) is 69.2 Å². The van der Waals surface area contributed by atoms with Gasteiger partial charge in [0.1, 0.15) is 0 Å². The first kappa shape index (κ1) is 12.7. The normalized spacial score (nSPS) is 12.5. The summed E-state index contributed by atoms with van der Waals surface area (Å²) in [7, 11) is 0. The lowest BCUT2D eigenvalue weighted by Crippen LogP contribution is -1.96. The standard InChI is InChI=1S/C15H14BrCl/c1-10-3-4-11(2)14(9-10)15(17)12-5-7-13(16)8-6-12/h3-9,15H,1-2H3. The Morgan fingerprint density at radius 2 is 1.65 bits per heavy atom. The number of hydrogen-bond acceptors (Lipinski definition) is 0. The van der Waals surface area contributed by atoms with Crippen molar-refractivity contribution >= 4 is 27.5 Å². The minimum absolute atomic E-state index is 0.0806. The van der Waals surface area contributed by atoms with Crippen LogP contribution in [0.2, 0.25) is 0 Å². The van der Waals surface area contributed by atoms with Gasteiger partial charge in [-0.15, -0.1) is 11.6 Å². The van der Waals surface area contributed by atoms with E-state index < -0.39 is 0 Å². The second kappa shape index (κ2) is 5.24. The zero-order chi connectivity index (χ0) is 12.4. The molecule has 2 aromatic carbocycles. The Balaban J connectivity index is 2.39. The van der Waals surface area contributed by atoms with Crippen molar-refractivity contribution in [2.24, 2.45) is 0 Å². The van der Waals surface area contributed by atoms with Crippen LogP contribution in [0.5, 0.6) is 0 Å². The van der Waals surface area contributed by atoms with E-state index in [1.54, 1.807) is 0 Å². The van der Waals surface area contributed by atoms with Gasteiger partial charge in [-0.05, 0) is 42.7 Å². The van der Waals surface area contributed by atoms with Crippen LogP contribution >= 0.6 is 27.5 Å². The number of benzene rings is 2. The third-order valence-electron chi connectivity index (χ3n) is 2.87. The number of alkyl halides is 1. The van der Waals surface area contributed by atoms with Crippen LogP contribution in [0.15, 0.2) is 46.9 Å². The maximum atomic E-state index is 6.55. The average Bonchev–Trinajstić information content (AvgIpc) is 2.32. The average molecular weight is 310 g/mol. The lowest BCUT2D eigenvalue weighted by Gasteiger charge is -2.14. The van der Waals surface area contributed by atoms with Gasteiger partial charge < -0.3 is 0 Å². The van der Waals surface area contributed by atoms with Crippen LogP contribution in [-0.4, -0.2) is 0 Å². The topological polar surface area (TPSA) is 0 Å². The lowest BCUT2D eigenvalue weighted by atomic mass is 9.98. The number of halogens is 2. The van der Waals surface area contributed by atoms with Gasteiger partial charge in [0.2, 0.25) is 0 Å². The van der Waals surface area contributed by atoms with Crippen molar-refractivity contribution in [3.63, 3.8) is 0 Å². The minimum Gasteiger partial charge on any atom is -0.113 e. The summed E-state index contributed by atoms with van der Waals surface area (Å²) in [6, 6.07) is 14.6. The molecule has 1 atom stereocenters. The van der Waals surface area contributed by atoms with Crippen molar-refractivity contribution in [2.45, 2.75) is 19.2 Å². The van der Waals surface area contributed by atoms with Crippen LogP contribution < -0.4 is 0 Å². The monoisotopic (exact) mass is 308 g/mol. The summed E-state index contributed by atoms with van der Waals surface area (Å²) in [5.41, 5.74) is 4.80. The van der Waals surface area contributed by atoms with Crippen LogP contribution in [0.1, 0.15) is 27.6 Å². The summed E-state index contributed by atoms with van der Waals surface area (Å²) >= 11 is 9.98. The maximum Gasteiger partial charge on any atom is 0.0838 e.